The zero-order chi connectivity index (χ0) is 23.2. The molecule has 0 aromatic heterocycles. The molecule has 2 aromatic rings. The quantitative estimate of drug-likeness (QED) is 0.336. The lowest BCUT2D eigenvalue weighted by Crippen LogP contribution is -2.54. The Bertz CT molecular complexity index is 834. The van der Waals surface area contributed by atoms with E-state index in [1.807, 2.05) is 41.5 Å². The summed E-state index contributed by atoms with van der Waals surface area (Å²) in [4.78, 5) is 0.604. The van der Waals surface area contributed by atoms with Gasteiger partial charge in [-0.2, -0.15) is 26.3 Å². The lowest BCUT2D eigenvalue weighted by Gasteiger charge is -2.38. The highest BCUT2D eigenvalue weighted by atomic mass is 32.2. The summed E-state index contributed by atoms with van der Waals surface area (Å²) in [5.74, 6) is 0. The molecular formula is C23H26F6S. The molecule has 0 saturated heterocycles. The summed E-state index contributed by atoms with van der Waals surface area (Å²) in [6.07, 6.45) is -11.2. The second-order valence-corrected chi connectivity index (χ2v) is 11.2. The fourth-order valence-electron chi connectivity index (χ4n) is 3.33. The summed E-state index contributed by atoms with van der Waals surface area (Å²) < 4.78 is 85.1. The second-order valence-electron chi connectivity index (χ2n) is 9.31. The summed E-state index contributed by atoms with van der Waals surface area (Å²) >= 11 is 1.37. The molecule has 166 valence electrons. The van der Waals surface area contributed by atoms with Gasteiger partial charge in [-0.3, -0.25) is 0 Å². The van der Waals surface area contributed by atoms with Crippen LogP contribution in [0.25, 0.3) is 0 Å². The van der Waals surface area contributed by atoms with Gasteiger partial charge in [0.25, 0.3) is 0 Å². The van der Waals surface area contributed by atoms with Gasteiger partial charge < -0.3 is 0 Å². The van der Waals surface area contributed by atoms with Crippen LogP contribution in [0.5, 0.6) is 0 Å². The van der Waals surface area contributed by atoms with Crippen molar-refractivity contribution in [1.82, 2.24) is 0 Å². The van der Waals surface area contributed by atoms with Gasteiger partial charge in [0.15, 0.2) is 0 Å². The smallest absolute Gasteiger partial charge is 0.169 e. The Hall–Kier alpha value is -1.63. The average molecular weight is 449 g/mol. The number of alkyl halides is 6. The van der Waals surface area contributed by atoms with Crippen LogP contribution < -0.4 is 0 Å². The molecule has 2 rings (SSSR count). The Kier molecular flexibility index (Phi) is 6.41. The molecule has 0 nitrogen and oxygen atoms in total. The van der Waals surface area contributed by atoms with E-state index in [-0.39, 0.29) is 4.75 Å². The Morgan fingerprint density at radius 2 is 0.867 bits per heavy atom. The van der Waals surface area contributed by atoms with Crippen molar-refractivity contribution in [2.24, 2.45) is 0 Å². The minimum absolute atomic E-state index is 0.227. The van der Waals surface area contributed by atoms with Gasteiger partial charge in [-0.05, 0) is 34.2 Å². The van der Waals surface area contributed by atoms with Crippen molar-refractivity contribution in [1.29, 1.82) is 0 Å². The van der Waals surface area contributed by atoms with E-state index in [2.05, 4.69) is 0 Å². The van der Waals surface area contributed by atoms with E-state index in [0.29, 0.717) is 10.5 Å². The van der Waals surface area contributed by atoms with Gasteiger partial charge in [0, 0.05) is 9.64 Å². The lowest BCUT2D eigenvalue weighted by atomic mass is 9.72. The van der Waals surface area contributed by atoms with Crippen LogP contribution in [0.3, 0.4) is 0 Å². The highest BCUT2D eigenvalue weighted by molar-refractivity contribution is 8.00. The minimum Gasteiger partial charge on any atom is -0.169 e. The second kappa shape index (κ2) is 7.81. The predicted octanol–water partition coefficient (Wildman–Crippen LogP) is 8.29. The van der Waals surface area contributed by atoms with Crippen molar-refractivity contribution in [3.8, 4) is 0 Å². The molecule has 30 heavy (non-hydrogen) atoms. The largest absolute Gasteiger partial charge is 0.411 e. The van der Waals surface area contributed by atoms with Crippen LogP contribution in [0.1, 0.15) is 58.2 Å². The zero-order valence-electron chi connectivity index (χ0n) is 17.8. The van der Waals surface area contributed by atoms with Crippen molar-refractivity contribution in [2.75, 3.05) is 0 Å². The predicted molar refractivity (Wildman–Crippen MR) is 110 cm³/mol. The number of rotatable bonds is 3. The zero-order valence-corrected chi connectivity index (χ0v) is 18.6. The maximum absolute atomic E-state index is 14.2. The number of hydrogen-bond acceptors (Lipinski definition) is 1. The molecule has 0 aliphatic carbocycles. The van der Waals surface area contributed by atoms with E-state index in [0.717, 1.165) is 24.3 Å². The average Bonchev–Trinajstić information content (AvgIpc) is 2.52. The van der Waals surface area contributed by atoms with Crippen molar-refractivity contribution >= 4 is 11.8 Å². The third kappa shape index (κ3) is 4.82. The van der Waals surface area contributed by atoms with Gasteiger partial charge in [0.05, 0.1) is 0 Å². The molecule has 0 aliphatic heterocycles. The van der Waals surface area contributed by atoms with Crippen molar-refractivity contribution in [3.05, 3.63) is 65.2 Å². The molecule has 0 spiro atoms. The molecule has 2 aromatic carbocycles. The fraction of sp³-hybridized carbons (Fsp3) is 0.478. The number of halogens is 6. The van der Waals surface area contributed by atoms with Gasteiger partial charge in [-0.15, -0.1) is 11.8 Å². The third-order valence-corrected chi connectivity index (χ3v) is 5.87. The van der Waals surface area contributed by atoms with Gasteiger partial charge in [0.2, 0.25) is 5.41 Å². The number of thioether (sulfide) groups is 1. The summed E-state index contributed by atoms with van der Waals surface area (Å²) in [5.41, 5.74) is -5.54. The Morgan fingerprint density at radius 1 is 0.533 bits per heavy atom. The van der Waals surface area contributed by atoms with Crippen LogP contribution in [0, 0.1) is 0 Å². The molecule has 0 aliphatic rings. The maximum atomic E-state index is 14.2. The van der Waals surface area contributed by atoms with Crippen LogP contribution in [0.15, 0.2) is 53.4 Å². The van der Waals surface area contributed by atoms with Crippen molar-refractivity contribution < 1.29 is 26.3 Å². The molecule has 0 amide bonds. The first-order valence-electron chi connectivity index (χ1n) is 9.43. The Morgan fingerprint density at radius 3 is 1.17 bits per heavy atom. The number of hydrogen-bond donors (Lipinski definition) is 0. The van der Waals surface area contributed by atoms with Gasteiger partial charge in [-0.25, -0.2) is 0 Å². The third-order valence-electron chi connectivity index (χ3n) is 4.75. The first-order chi connectivity index (χ1) is 13.4. The molecule has 0 atom stereocenters. The van der Waals surface area contributed by atoms with Crippen molar-refractivity contribution in [3.63, 3.8) is 0 Å². The first-order valence-corrected chi connectivity index (χ1v) is 10.3. The SMILES string of the molecule is CC(C)(C)Sc1ccc(C(c2ccc(C(C)(C)C)cc2)(C(F)(F)F)C(F)(F)F)cc1. The molecule has 0 N–H and O–H groups in total. The van der Waals surface area contributed by atoms with Gasteiger partial charge in [-0.1, -0.05) is 77.9 Å². The van der Waals surface area contributed by atoms with Crippen LogP contribution in [0.2, 0.25) is 0 Å². The first kappa shape index (κ1) is 24.6. The Balaban J connectivity index is 2.72. The molecule has 0 heterocycles. The summed E-state index contributed by atoms with van der Waals surface area (Å²) in [5, 5.41) is 0. The summed E-state index contributed by atoms with van der Waals surface area (Å²) in [6.45, 7) is 11.3. The van der Waals surface area contributed by atoms with Crippen LogP contribution in [-0.2, 0) is 10.8 Å². The number of benzene rings is 2. The summed E-state index contributed by atoms with van der Waals surface area (Å²) in [7, 11) is 0. The molecule has 0 fully saturated rings. The van der Waals surface area contributed by atoms with E-state index >= 15 is 0 Å². The molecule has 0 bridgehead atoms. The highest BCUT2D eigenvalue weighted by Gasteiger charge is 2.72. The molecular weight excluding hydrogens is 422 g/mol. The molecule has 0 unspecified atom stereocenters. The van der Waals surface area contributed by atoms with Crippen molar-refractivity contribution in [2.45, 2.75) is 74.4 Å². The van der Waals surface area contributed by atoms with E-state index < -0.39 is 34.3 Å². The molecule has 7 heteroatoms. The monoisotopic (exact) mass is 448 g/mol. The maximum Gasteiger partial charge on any atom is 0.411 e. The van der Waals surface area contributed by atoms with Crippen LogP contribution >= 0.6 is 11.8 Å². The highest BCUT2D eigenvalue weighted by Crippen LogP contribution is 2.56. The van der Waals surface area contributed by atoms with E-state index in [4.69, 9.17) is 0 Å². The van der Waals surface area contributed by atoms with E-state index in [1.165, 1.54) is 36.0 Å². The van der Waals surface area contributed by atoms with Gasteiger partial charge in [0.1, 0.15) is 0 Å². The molecule has 0 radical (unpaired) electrons. The normalized spacial score (nSPS) is 14.1. The van der Waals surface area contributed by atoms with Gasteiger partial charge >= 0.3 is 12.4 Å². The van der Waals surface area contributed by atoms with Crippen LogP contribution in [0.4, 0.5) is 26.3 Å². The standard InChI is InChI=1S/C23H26F6S/c1-19(2,3)15-7-9-16(10-8-15)21(22(24,25)26,23(27,28)29)17-11-13-18(14-12-17)30-20(4,5)6/h7-14H,1-6H3. The minimum atomic E-state index is -5.58. The van der Waals surface area contributed by atoms with E-state index in [1.54, 1.807) is 0 Å². The molecule has 0 saturated carbocycles. The van der Waals surface area contributed by atoms with Crippen LogP contribution in [-0.4, -0.2) is 17.1 Å². The Labute approximate surface area is 178 Å². The summed E-state index contributed by atoms with van der Waals surface area (Å²) in [6, 6.07) is 9.08. The van der Waals surface area contributed by atoms with E-state index in [9.17, 15) is 26.3 Å². The topological polar surface area (TPSA) is 0 Å². The lowest BCUT2D eigenvalue weighted by molar-refractivity contribution is -0.288. The fourth-order valence-corrected chi connectivity index (χ4v) is 4.31.